The Kier molecular flexibility index (Phi) is 4.35. The summed E-state index contributed by atoms with van der Waals surface area (Å²) in [4.78, 5) is 43.5. The minimum atomic E-state index is -0.538. The highest BCUT2D eigenvalue weighted by Gasteiger charge is 2.68. The van der Waals surface area contributed by atoms with Gasteiger partial charge in [0.2, 0.25) is 11.5 Å². The summed E-state index contributed by atoms with van der Waals surface area (Å²) in [6, 6.07) is 4.97. The van der Waals surface area contributed by atoms with E-state index in [9.17, 15) is 14.4 Å². The molecule has 2 aromatic heterocycles. The minimum Gasteiger partial charge on any atom is -0.493 e. The standard InChI is InChI=1S/C25H23N3O7/c1-32-17-7-12-5-6-27(20(12)22(34-3)21(17)33-2)24(31)28-11-13-10-25(13)14-8-15(23(30)35-4)26-19(14)16(29)9-18(25)28/h5-9,13,26H,10-11H2,1-4H3/t13?,25-/m1/s1. The third-order valence-corrected chi connectivity index (χ3v) is 7.39. The van der Waals surface area contributed by atoms with Crippen molar-refractivity contribution in [1.82, 2.24) is 14.5 Å². The lowest BCUT2D eigenvalue weighted by atomic mass is 9.85. The number of piperidine rings is 1. The number of H-pyrrole nitrogens is 1. The number of likely N-dealkylation sites (tertiary alicyclic amines) is 1. The molecule has 1 aromatic carbocycles. The fraction of sp³-hybridized carbons (Fsp3) is 0.320. The number of aromatic nitrogens is 2. The quantitative estimate of drug-likeness (QED) is 0.575. The number of hydrogen-bond acceptors (Lipinski definition) is 7. The van der Waals surface area contributed by atoms with E-state index < -0.39 is 11.4 Å². The normalized spacial score (nSPS) is 21.7. The summed E-state index contributed by atoms with van der Waals surface area (Å²) in [6.07, 6.45) is 3.99. The number of fused-ring (bicyclic) bond motifs is 2. The van der Waals surface area contributed by atoms with Crippen molar-refractivity contribution in [2.45, 2.75) is 11.8 Å². The van der Waals surface area contributed by atoms with E-state index in [-0.39, 0.29) is 23.4 Å². The molecule has 1 N–H and O–H groups in total. The van der Waals surface area contributed by atoms with Gasteiger partial charge in [0.25, 0.3) is 0 Å². The molecule has 180 valence electrons. The summed E-state index contributed by atoms with van der Waals surface area (Å²) in [5.74, 6) is 0.597. The smallest absolute Gasteiger partial charge is 0.354 e. The van der Waals surface area contributed by atoms with Gasteiger partial charge in [-0.05, 0) is 36.1 Å². The molecule has 1 unspecified atom stereocenters. The Labute approximate surface area is 200 Å². The van der Waals surface area contributed by atoms with E-state index in [0.717, 1.165) is 17.4 Å². The van der Waals surface area contributed by atoms with Gasteiger partial charge in [0.15, 0.2) is 11.5 Å². The maximum Gasteiger partial charge on any atom is 0.354 e. The number of nitrogens with zero attached hydrogens (tertiary/aromatic N) is 2. The van der Waals surface area contributed by atoms with Crippen LogP contribution >= 0.6 is 0 Å². The molecule has 0 radical (unpaired) electrons. The first kappa shape index (κ1) is 21.3. The first-order valence-corrected chi connectivity index (χ1v) is 11.1. The van der Waals surface area contributed by atoms with Crippen molar-refractivity contribution >= 4 is 28.7 Å². The van der Waals surface area contributed by atoms with Gasteiger partial charge < -0.3 is 23.9 Å². The lowest BCUT2D eigenvalue weighted by molar-refractivity contribution is 0.0594. The number of benzene rings is 1. The fourth-order valence-corrected chi connectivity index (χ4v) is 5.75. The number of ketones is 1. The van der Waals surface area contributed by atoms with Gasteiger partial charge >= 0.3 is 12.0 Å². The van der Waals surface area contributed by atoms with Crippen LogP contribution in [0.4, 0.5) is 4.79 Å². The highest BCUT2D eigenvalue weighted by atomic mass is 16.5. The maximum atomic E-state index is 13.9. The zero-order valence-corrected chi connectivity index (χ0v) is 19.6. The number of rotatable bonds is 4. The SMILES string of the molecule is COC(=O)c1cc2c([nH]1)C(=O)C=C1N(C(=O)n3ccc4cc(OC)c(OC)c(OC)c43)CC3C[C@]123. The molecule has 1 saturated heterocycles. The molecule has 10 heteroatoms. The predicted molar refractivity (Wildman–Crippen MR) is 123 cm³/mol. The molecule has 1 saturated carbocycles. The van der Waals surface area contributed by atoms with Gasteiger partial charge in [-0.3, -0.25) is 14.3 Å². The topological polar surface area (TPSA) is 112 Å². The van der Waals surface area contributed by atoms with Gasteiger partial charge in [-0.1, -0.05) is 0 Å². The van der Waals surface area contributed by atoms with Crippen LogP contribution in [0.5, 0.6) is 17.2 Å². The van der Waals surface area contributed by atoms with E-state index >= 15 is 0 Å². The summed E-state index contributed by atoms with van der Waals surface area (Å²) < 4.78 is 22.9. The molecule has 6 rings (SSSR count). The Morgan fingerprint density at radius 3 is 2.54 bits per heavy atom. The van der Waals surface area contributed by atoms with Crippen molar-refractivity contribution in [1.29, 1.82) is 0 Å². The van der Waals surface area contributed by atoms with Crippen LogP contribution in [0.25, 0.3) is 10.9 Å². The van der Waals surface area contributed by atoms with Crippen molar-refractivity contribution in [3.8, 4) is 17.2 Å². The summed E-state index contributed by atoms with van der Waals surface area (Å²) in [5, 5.41) is 0.747. The summed E-state index contributed by atoms with van der Waals surface area (Å²) in [5.41, 5.74) is 2.10. The molecule has 2 aliphatic carbocycles. The van der Waals surface area contributed by atoms with Crippen molar-refractivity contribution < 1.29 is 33.3 Å². The van der Waals surface area contributed by atoms with Crippen molar-refractivity contribution in [3.63, 3.8) is 0 Å². The van der Waals surface area contributed by atoms with Crippen molar-refractivity contribution in [2.75, 3.05) is 35.0 Å². The Morgan fingerprint density at radius 2 is 1.86 bits per heavy atom. The monoisotopic (exact) mass is 477 g/mol. The second-order valence-electron chi connectivity index (χ2n) is 8.89. The van der Waals surface area contributed by atoms with Crippen LogP contribution < -0.4 is 14.2 Å². The highest BCUT2D eigenvalue weighted by molar-refractivity contribution is 6.09. The number of carbonyl (C=O) groups is 3. The number of methoxy groups -OCH3 is 4. The Bertz CT molecular complexity index is 1480. The van der Waals surface area contributed by atoms with Gasteiger partial charge in [-0.25, -0.2) is 9.59 Å². The van der Waals surface area contributed by atoms with E-state index in [1.54, 1.807) is 29.3 Å². The molecule has 3 aliphatic rings. The zero-order chi connectivity index (χ0) is 24.6. The zero-order valence-electron chi connectivity index (χ0n) is 19.6. The number of hydrogen-bond donors (Lipinski definition) is 1. The number of esters is 1. The van der Waals surface area contributed by atoms with E-state index in [0.29, 0.717) is 40.7 Å². The Hall–Kier alpha value is -4.21. The third kappa shape index (κ3) is 2.62. The molecule has 3 heterocycles. The molecule has 10 nitrogen and oxygen atoms in total. The number of ether oxygens (including phenoxy) is 4. The highest BCUT2D eigenvalue weighted by Crippen LogP contribution is 2.66. The van der Waals surface area contributed by atoms with Crippen molar-refractivity contribution in [2.24, 2.45) is 5.92 Å². The predicted octanol–water partition coefficient (Wildman–Crippen LogP) is 3.10. The molecule has 3 aromatic rings. The minimum absolute atomic E-state index is 0.157. The number of amides is 1. The number of carbonyl (C=O) groups excluding carboxylic acids is 3. The maximum absolute atomic E-state index is 13.9. The van der Waals surface area contributed by atoms with E-state index in [2.05, 4.69) is 4.98 Å². The Morgan fingerprint density at radius 1 is 1.09 bits per heavy atom. The van der Waals surface area contributed by atoms with E-state index in [1.165, 1.54) is 39.1 Å². The lowest BCUT2D eigenvalue weighted by Crippen LogP contribution is -2.36. The van der Waals surface area contributed by atoms with Crippen LogP contribution in [0.2, 0.25) is 0 Å². The molecular formula is C25H23N3O7. The molecular weight excluding hydrogens is 454 g/mol. The van der Waals surface area contributed by atoms with Gasteiger partial charge in [0.1, 0.15) is 11.2 Å². The van der Waals surface area contributed by atoms with E-state index in [4.69, 9.17) is 18.9 Å². The van der Waals surface area contributed by atoms with Crippen LogP contribution in [-0.4, -0.2) is 67.2 Å². The molecule has 1 spiro atoms. The van der Waals surface area contributed by atoms with Crippen molar-refractivity contribution in [3.05, 3.63) is 53.1 Å². The first-order valence-electron chi connectivity index (χ1n) is 11.1. The fourth-order valence-electron chi connectivity index (χ4n) is 5.75. The number of allylic oxidation sites excluding steroid dienone is 2. The van der Waals surface area contributed by atoms with Crippen LogP contribution in [0.15, 0.2) is 36.2 Å². The van der Waals surface area contributed by atoms with Gasteiger partial charge in [-0.2, -0.15) is 0 Å². The number of aromatic amines is 1. The average molecular weight is 477 g/mol. The summed E-state index contributed by atoms with van der Waals surface area (Å²) in [7, 11) is 5.85. The van der Waals surface area contributed by atoms with Crippen LogP contribution in [-0.2, 0) is 10.2 Å². The largest absolute Gasteiger partial charge is 0.493 e. The van der Waals surface area contributed by atoms with Gasteiger partial charge in [-0.15, -0.1) is 0 Å². The molecule has 1 aliphatic heterocycles. The average Bonchev–Trinajstić information content (AvgIpc) is 3.21. The van der Waals surface area contributed by atoms with Gasteiger partial charge in [0, 0.05) is 35.3 Å². The molecule has 0 bridgehead atoms. The van der Waals surface area contributed by atoms with E-state index in [1.807, 2.05) is 0 Å². The summed E-state index contributed by atoms with van der Waals surface area (Å²) >= 11 is 0. The molecule has 2 atom stereocenters. The first-order chi connectivity index (χ1) is 16.9. The number of nitrogens with one attached hydrogen (secondary N) is 1. The molecule has 1 amide bonds. The van der Waals surface area contributed by atoms with Crippen LogP contribution in [0, 0.1) is 5.92 Å². The lowest BCUT2D eigenvalue weighted by Gasteiger charge is -2.28. The summed E-state index contributed by atoms with van der Waals surface area (Å²) in [6.45, 7) is 0.464. The van der Waals surface area contributed by atoms with Crippen LogP contribution in [0.1, 0.15) is 33.0 Å². The second-order valence-corrected chi connectivity index (χ2v) is 8.89. The molecule has 2 fully saturated rings. The van der Waals surface area contributed by atoms with Crippen LogP contribution in [0.3, 0.4) is 0 Å². The molecule has 35 heavy (non-hydrogen) atoms. The Balaban J connectivity index is 1.44. The third-order valence-electron chi connectivity index (χ3n) is 7.39. The second kappa shape index (κ2) is 7.14. The van der Waals surface area contributed by atoms with Gasteiger partial charge in [0.05, 0.1) is 34.1 Å².